The van der Waals surface area contributed by atoms with E-state index in [1.807, 2.05) is 6.92 Å². The Morgan fingerprint density at radius 3 is 2.48 bits per heavy atom. The normalized spacial score (nSPS) is 10.2. The van der Waals surface area contributed by atoms with E-state index in [1.165, 1.54) is 46.4 Å². The Kier molecular flexibility index (Phi) is 7.68. The maximum atomic E-state index is 3.13. The zero-order valence-electron chi connectivity index (χ0n) is 14.3. The first-order valence-corrected chi connectivity index (χ1v) is 8.72. The number of unbranched alkanes of at least 4 members (excludes halogenated alkanes) is 1. The predicted octanol–water partition coefficient (Wildman–Crippen LogP) is 6.62. The highest BCUT2D eigenvalue weighted by Gasteiger charge is 2.11. The molecule has 0 nitrogen and oxygen atoms in total. The van der Waals surface area contributed by atoms with E-state index in [-0.39, 0.29) is 0 Å². The van der Waals surface area contributed by atoms with Crippen molar-refractivity contribution in [3.8, 4) is 11.2 Å². The van der Waals surface area contributed by atoms with Crippen molar-refractivity contribution in [2.45, 2.75) is 66.7 Å². The summed E-state index contributed by atoms with van der Waals surface area (Å²) in [7, 11) is 0. The summed E-state index contributed by atoms with van der Waals surface area (Å²) in [6, 6.07) is 6.97. The van der Waals surface area contributed by atoms with Gasteiger partial charge in [-0.05, 0) is 73.2 Å². The van der Waals surface area contributed by atoms with Gasteiger partial charge >= 0.3 is 0 Å². The van der Waals surface area contributed by atoms with Gasteiger partial charge < -0.3 is 0 Å². The number of aryl methyl sites for hydroxylation is 1. The molecule has 0 atom stereocenters. The molecule has 0 aliphatic rings. The molecule has 1 rings (SSSR count). The maximum absolute atomic E-state index is 3.13. The van der Waals surface area contributed by atoms with E-state index >= 15 is 0 Å². The molecule has 0 saturated heterocycles. The zero-order chi connectivity index (χ0) is 15.8. The van der Waals surface area contributed by atoms with Crippen LogP contribution in [0.4, 0.5) is 0 Å². The van der Waals surface area contributed by atoms with Gasteiger partial charge in [0.05, 0.1) is 0 Å². The highest BCUT2D eigenvalue weighted by atomic mass is 32.2. The van der Waals surface area contributed by atoms with E-state index in [0.29, 0.717) is 5.92 Å². The Morgan fingerprint density at radius 2 is 1.95 bits per heavy atom. The van der Waals surface area contributed by atoms with E-state index in [4.69, 9.17) is 0 Å². The summed E-state index contributed by atoms with van der Waals surface area (Å²) in [5, 5.41) is 3.13. The second-order valence-corrected chi connectivity index (χ2v) is 6.77. The number of hydrogen-bond acceptors (Lipinski definition) is 1. The molecular formula is C20H28S. The summed E-state index contributed by atoms with van der Waals surface area (Å²) in [6.07, 6.45) is 3.71. The van der Waals surface area contributed by atoms with Crippen molar-refractivity contribution in [3.05, 3.63) is 40.5 Å². The van der Waals surface area contributed by atoms with Gasteiger partial charge in [-0.3, -0.25) is 0 Å². The molecule has 1 aromatic rings. The molecule has 21 heavy (non-hydrogen) atoms. The van der Waals surface area contributed by atoms with Crippen LogP contribution in [0.1, 0.15) is 77.0 Å². The fourth-order valence-corrected chi connectivity index (χ4v) is 3.07. The minimum absolute atomic E-state index is 0.567. The smallest absolute Gasteiger partial charge is 0.0262 e. The van der Waals surface area contributed by atoms with E-state index in [0.717, 1.165) is 0 Å². The van der Waals surface area contributed by atoms with Gasteiger partial charge in [0, 0.05) is 4.91 Å². The third-order valence-corrected chi connectivity index (χ3v) is 4.69. The molecule has 1 heteroatoms. The number of benzene rings is 1. The SMILES string of the molecule is CC#CSC(=C(C)C)c1ccc(CCCC)c(C(C)C)c1. The van der Waals surface area contributed by atoms with Gasteiger partial charge in [0.2, 0.25) is 0 Å². The fourth-order valence-electron chi connectivity index (χ4n) is 2.42. The standard InChI is InChI=1S/C20H28S/c1-7-9-10-17-11-12-18(14-19(17)15(3)4)20(16(5)6)21-13-8-2/h11-12,14-15H,7,9-10H2,1-6H3. The Labute approximate surface area is 135 Å². The molecule has 0 bridgehead atoms. The second-order valence-electron chi connectivity index (χ2n) is 5.96. The summed E-state index contributed by atoms with van der Waals surface area (Å²) in [5.74, 6) is 3.55. The molecule has 0 aliphatic carbocycles. The van der Waals surface area contributed by atoms with Gasteiger partial charge in [-0.2, -0.15) is 0 Å². The lowest BCUT2D eigenvalue weighted by atomic mass is 9.92. The van der Waals surface area contributed by atoms with E-state index in [1.54, 1.807) is 11.8 Å². The third-order valence-electron chi connectivity index (χ3n) is 3.54. The van der Waals surface area contributed by atoms with Crippen LogP contribution in [0.15, 0.2) is 23.8 Å². The van der Waals surface area contributed by atoms with Gasteiger partial charge in [-0.1, -0.05) is 56.9 Å². The molecule has 0 spiro atoms. The van der Waals surface area contributed by atoms with Crippen LogP contribution in [0.25, 0.3) is 4.91 Å². The predicted molar refractivity (Wildman–Crippen MR) is 98.5 cm³/mol. The summed E-state index contributed by atoms with van der Waals surface area (Å²) < 4.78 is 0. The highest BCUT2D eigenvalue weighted by Crippen LogP contribution is 2.33. The maximum Gasteiger partial charge on any atom is 0.0262 e. The Bertz CT molecular complexity index is 549. The van der Waals surface area contributed by atoms with Crippen LogP contribution < -0.4 is 0 Å². The molecule has 0 unspecified atom stereocenters. The van der Waals surface area contributed by atoms with Crippen molar-refractivity contribution < 1.29 is 0 Å². The number of allylic oxidation sites excluding steroid dienone is 1. The second kappa shape index (κ2) is 9.00. The van der Waals surface area contributed by atoms with Gasteiger partial charge in [0.15, 0.2) is 0 Å². The van der Waals surface area contributed by atoms with Crippen LogP contribution >= 0.6 is 11.8 Å². The van der Waals surface area contributed by atoms with Gasteiger partial charge in [0.1, 0.15) is 0 Å². The third kappa shape index (κ3) is 5.29. The Hall–Kier alpha value is -1.13. The molecule has 0 heterocycles. The Balaban J connectivity index is 3.22. The van der Waals surface area contributed by atoms with Gasteiger partial charge in [0.25, 0.3) is 0 Å². The van der Waals surface area contributed by atoms with E-state index in [2.05, 4.69) is 64.0 Å². The first-order valence-electron chi connectivity index (χ1n) is 7.90. The van der Waals surface area contributed by atoms with Crippen molar-refractivity contribution in [2.24, 2.45) is 0 Å². The zero-order valence-corrected chi connectivity index (χ0v) is 15.2. The summed E-state index contributed by atoms with van der Waals surface area (Å²) in [5.41, 5.74) is 5.64. The molecular weight excluding hydrogens is 272 g/mol. The monoisotopic (exact) mass is 300 g/mol. The van der Waals surface area contributed by atoms with Crippen molar-refractivity contribution in [2.75, 3.05) is 0 Å². The van der Waals surface area contributed by atoms with Crippen LogP contribution in [0.5, 0.6) is 0 Å². The number of rotatable bonds is 6. The van der Waals surface area contributed by atoms with Crippen molar-refractivity contribution in [1.29, 1.82) is 0 Å². The highest BCUT2D eigenvalue weighted by molar-refractivity contribution is 8.12. The van der Waals surface area contributed by atoms with Crippen LogP contribution in [0.3, 0.4) is 0 Å². The molecule has 0 saturated carbocycles. The lowest BCUT2D eigenvalue weighted by Gasteiger charge is -2.16. The molecule has 0 fully saturated rings. The van der Waals surface area contributed by atoms with E-state index in [9.17, 15) is 0 Å². The average Bonchev–Trinajstić information content (AvgIpc) is 2.45. The topological polar surface area (TPSA) is 0 Å². The minimum atomic E-state index is 0.567. The quantitative estimate of drug-likeness (QED) is 0.532. The van der Waals surface area contributed by atoms with E-state index < -0.39 is 0 Å². The average molecular weight is 301 g/mol. The largest absolute Gasteiger partial charge is 0.0943 e. The molecule has 0 aromatic heterocycles. The lowest BCUT2D eigenvalue weighted by Crippen LogP contribution is -1.98. The van der Waals surface area contributed by atoms with Crippen LogP contribution in [0.2, 0.25) is 0 Å². The number of thioether (sulfide) groups is 1. The van der Waals surface area contributed by atoms with Crippen molar-refractivity contribution >= 4 is 16.7 Å². The van der Waals surface area contributed by atoms with Gasteiger partial charge in [-0.15, -0.1) is 0 Å². The molecule has 0 aliphatic heterocycles. The van der Waals surface area contributed by atoms with Gasteiger partial charge in [-0.25, -0.2) is 0 Å². The molecule has 0 amide bonds. The minimum Gasteiger partial charge on any atom is -0.0943 e. The first kappa shape index (κ1) is 17.9. The van der Waals surface area contributed by atoms with Crippen LogP contribution in [0, 0.1) is 11.2 Å². The summed E-state index contributed by atoms with van der Waals surface area (Å²) in [4.78, 5) is 1.30. The van der Waals surface area contributed by atoms with Crippen molar-refractivity contribution in [3.63, 3.8) is 0 Å². The first-order chi connectivity index (χ1) is 10.0. The number of hydrogen-bond donors (Lipinski definition) is 0. The molecule has 114 valence electrons. The summed E-state index contributed by atoms with van der Waals surface area (Å²) >= 11 is 1.65. The molecule has 0 N–H and O–H groups in total. The van der Waals surface area contributed by atoms with Crippen molar-refractivity contribution in [1.82, 2.24) is 0 Å². The molecule has 0 radical (unpaired) electrons. The van der Waals surface area contributed by atoms with Crippen LogP contribution in [-0.2, 0) is 6.42 Å². The Morgan fingerprint density at radius 1 is 1.24 bits per heavy atom. The summed E-state index contributed by atoms with van der Waals surface area (Å²) in [6.45, 7) is 13.1. The van der Waals surface area contributed by atoms with Crippen LogP contribution in [-0.4, -0.2) is 0 Å². The fraction of sp³-hybridized carbons (Fsp3) is 0.500. The lowest BCUT2D eigenvalue weighted by molar-refractivity contribution is 0.767. The molecule has 1 aromatic carbocycles.